The van der Waals surface area contributed by atoms with E-state index in [2.05, 4.69) is 22.4 Å². The number of nitrogens with one attached hydrogen (secondary N) is 1. The van der Waals surface area contributed by atoms with Crippen LogP contribution in [0.2, 0.25) is 0 Å². The van der Waals surface area contributed by atoms with Gasteiger partial charge in [0.2, 0.25) is 0 Å². The van der Waals surface area contributed by atoms with Crippen LogP contribution in [0.1, 0.15) is 62.1 Å². The summed E-state index contributed by atoms with van der Waals surface area (Å²) in [7, 11) is 0. The van der Waals surface area contributed by atoms with Gasteiger partial charge in [-0.05, 0) is 60.4 Å². The molecule has 0 unspecified atom stereocenters. The van der Waals surface area contributed by atoms with Crippen molar-refractivity contribution in [2.24, 2.45) is 0 Å². The zero-order valence-electron chi connectivity index (χ0n) is 23.1. The smallest absolute Gasteiger partial charge is 0.252 e. The van der Waals surface area contributed by atoms with E-state index >= 15 is 0 Å². The van der Waals surface area contributed by atoms with Crippen LogP contribution < -0.4 is 10.1 Å². The molecule has 1 aliphatic carbocycles. The number of furan rings is 1. The molecule has 1 amide bonds. The highest BCUT2D eigenvalue weighted by molar-refractivity contribution is 7.98. The first kappa shape index (κ1) is 27.6. The third-order valence-electron chi connectivity index (χ3n) is 7.40. The molecule has 2 aromatic heterocycles. The second-order valence-corrected chi connectivity index (χ2v) is 11.2. The average molecular weight is 578 g/mol. The first-order chi connectivity index (χ1) is 20.7. The minimum Gasteiger partial charge on any atom is -0.484 e. The fourth-order valence-electron chi connectivity index (χ4n) is 5.27. The molecule has 7 nitrogen and oxygen atoms in total. The quantitative estimate of drug-likeness (QED) is 0.170. The number of ether oxygens (including phenoxy) is 1. The van der Waals surface area contributed by atoms with E-state index in [-0.39, 0.29) is 17.8 Å². The summed E-state index contributed by atoms with van der Waals surface area (Å²) in [5.74, 6) is 2.01. The summed E-state index contributed by atoms with van der Waals surface area (Å²) in [5, 5.41) is 2.95. The van der Waals surface area contributed by atoms with E-state index in [9.17, 15) is 9.59 Å². The number of rotatable bonds is 11. The molecular formula is C34H31N3O4S. The minimum atomic E-state index is -0.263. The summed E-state index contributed by atoms with van der Waals surface area (Å²) in [6, 6.07) is 25.2. The number of Topliss-reactive ketones (excluding diaryl/α,β-unsaturated/α-hetero) is 1. The van der Waals surface area contributed by atoms with Crippen molar-refractivity contribution in [2.45, 2.75) is 49.1 Å². The van der Waals surface area contributed by atoms with Crippen molar-refractivity contribution in [3.05, 3.63) is 137 Å². The number of nitrogens with zero attached hydrogens (tertiary/aromatic N) is 2. The van der Waals surface area contributed by atoms with Gasteiger partial charge in [0.15, 0.2) is 5.78 Å². The standard InChI is InChI=1S/C34H31N3O4S/c38-30-13-6-12-26-27(30)15-16-31(41-32(21-37-18-17-35-23-37)24-8-2-1-3-9-24)29(26)22-42-33-14-5-4-11-28(33)34(39)36-20-25-10-7-19-40-25/h1-5,7-11,14-19,23,32H,6,12-13,20-22H2,(H,36,39)/t32-/m1/s1. The maximum atomic E-state index is 13.1. The lowest BCUT2D eigenvalue weighted by atomic mass is 9.87. The van der Waals surface area contributed by atoms with Gasteiger partial charge in [0.1, 0.15) is 17.6 Å². The van der Waals surface area contributed by atoms with Gasteiger partial charge in [-0.2, -0.15) is 0 Å². The van der Waals surface area contributed by atoms with Gasteiger partial charge in [-0.3, -0.25) is 9.59 Å². The second-order valence-electron chi connectivity index (χ2n) is 10.2. The van der Waals surface area contributed by atoms with E-state index in [4.69, 9.17) is 9.15 Å². The molecule has 212 valence electrons. The molecule has 0 fully saturated rings. The van der Waals surface area contributed by atoms with Crippen LogP contribution in [-0.2, 0) is 25.3 Å². The Hall–Kier alpha value is -4.56. The topological polar surface area (TPSA) is 86.4 Å². The molecule has 3 aromatic carbocycles. The van der Waals surface area contributed by atoms with Crippen LogP contribution in [0.3, 0.4) is 0 Å². The number of carbonyl (C=O) groups excluding carboxylic acids is 2. The van der Waals surface area contributed by atoms with E-state index in [1.807, 2.05) is 71.4 Å². The molecule has 1 N–H and O–H groups in total. The third kappa shape index (κ3) is 6.34. The summed E-state index contributed by atoms with van der Waals surface area (Å²) < 4.78 is 14.2. The lowest BCUT2D eigenvalue weighted by molar-refractivity contribution is 0.0943. The molecule has 0 spiro atoms. The van der Waals surface area contributed by atoms with Gasteiger partial charge in [0.05, 0.1) is 31.2 Å². The van der Waals surface area contributed by atoms with Crippen LogP contribution in [0.15, 0.2) is 113 Å². The van der Waals surface area contributed by atoms with E-state index < -0.39 is 0 Å². The number of thioether (sulfide) groups is 1. The zero-order valence-corrected chi connectivity index (χ0v) is 23.9. The number of hydrogen-bond acceptors (Lipinski definition) is 6. The molecule has 0 aliphatic heterocycles. The number of hydrogen-bond donors (Lipinski definition) is 1. The van der Waals surface area contributed by atoms with Crippen molar-refractivity contribution in [3.63, 3.8) is 0 Å². The molecule has 0 saturated heterocycles. The monoisotopic (exact) mass is 577 g/mol. The highest BCUT2D eigenvalue weighted by Gasteiger charge is 2.25. The van der Waals surface area contributed by atoms with Gasteiger partial charge >= 0.3 is 0 Å². The van der Waals surface area contributed by atoms with Crippen molar-refractivity contribution < 1.29 is 18.7 Å². The van der Waals surface area contributed by atoms with Crippen LogP contribution in [0.25, 0.3) is 0 Å². The minimum absolute atomic E-state index is 0.166. The molecule has 42 heavy (non-hydrogen) atoms. The van der Waals surface area contributed by atoms with Gasteiger partial charge < -0.3 is 19.0 Å². The van der Waals surface area contributed by atoms with Gasteiger partial charge in [-0.1, -0.05) is 42.5 Å². The predicted molar refractivity (Wildman–Crippen MR) is 162 cm³/mol. The molecule has 1 aliphatic rings. The highest BCUT2D eigenvalue weighted by atomic mass is 32.2. The summed E-state index contributed by atoms with van der Waals surface area (Å²) in [4.78, 5) is 31.1. The number of carbonyl (C=O) groups is 2. The number of fused-ring (bicyclic) bond motifs is 1. The zero-order chi connectivity index (χ0) is 28.7. The first-order valence-electron chi connectivity index (χ1n) is 14.0. The highest BCUT2D eigenvalue weighted by Crippen LogP contribution is 2.38. The van der Waals surface area contributed by atoms with Gasteiger partial charge in [0, 0.05) is 40.6 Å². The lowest BCUT2D eigenvalue weighted by Gasteiger charge is -2.26. The van der Waals surface area contributed by atoms with E-state index in [0.717, 1.165) is 45.7 Å². The Balaban J connectivity index is 1.29. The molecule has 8 heteroatoms. The lowest BCUT2D eigenvalue weighted by Crippen LogP contribution is -2.23. The summed E-state index contributed by atoms with van der Waals surface area (Å²) in [6.45, 7) is 0.903. The van der Waals surface area contributed by atoms with Crippen molar-refractivity contribution in [1.29, 1.82) is 0 Å². The van der Waals surface area contributed by atoms with Gasteiger partial charge in [-0.15, -0.1) is 11.8 Å². The maximum Gasteiger partial charge on any atom is 0.252 e. The Kier molecular flexibility index (Phi) is 8.51. The number of amides is 1. The summed E-state index contributed by atoms with van der Waals surface area (Å²) >= 11 is 1.58. The Bertz CT molecular complexity index is 1650. The fourth-order valence-corrected chi connectivity index (χ4v) is 6.38. The fraction of sp³-hybridized carbons (Fsp3) is 0.206. The Morgan fingerprint density at radius 2 is 1.88 bits per heavy atom. The Labute approximate surface area is 248 Å². The number of imidazole rings is 1. The van der Waals surface area contributed by atoms with Crippen LogP contribution in [0.4, 0.5) is 0 Å². The van der Waals surface area contributed by atoms with Crippen LogP contribution in [0, 0.1) is 0 Å². The second kappa shape index (κ2) is 13.0. The average Bonchev–Trinajstić information content (AvgIpc) is 3.74. The maximum absolute atomic E-state index is 13.1. The predicted octanol–water partition coefficient (Wildman–Crippen LogP) is 7.04. The largest absolute Gasteiger partial charge is 0.484 e. The number of ketones is 1. The van der Waals surface area contributed by atoms with Crippen LogP contribution in [-0.4, -0.2) is 21.2 Å². The third-order valence-corrected chi connectivity index (χ3v) is 8.50. The SMILES string of the molecule is O=C(NCc1ccco1)c1ccccc1SCc1c(O[C@H](Cn2ccnc2)c2ccccc2)ccc2c1CCCC2=O. The van der Waals surface area contributed by atoms with Crippen molar-refractivity contribution >= 4 is 23.5 Å². The van der Waals surface area contributed by atoms with E-state index in [0.29, 0.717) is 36.6 Å². The van der Waals surface area contributed by atoms with Crippen molar-refractivity contribution in [2.75, 3.05) is 0 Å². The molecular weight excluding hydrogens is 546 g/mol. The van der Waals surface area contributed by atoms with E-state index in [1.165, 1.54) is 0 Å². The number of benzene rings is 3. The molecule has 1 atom stereocenters. The van der Waals surface area contributed by atoms with E-state index in [1.54, 1.807) is 36.6 Å². The van der Waals surface area contributed by atoms with Crippen molar-refractivity contribution in [1.82, 2.24) is 14.9 Å². The van der Waals surface area contributed by atoms with Gasteiger partial charge in [-0.25, -0.2) is 4.98 Å². The summed E-state index contributed by atoms with van der Waals surface area (Å²) in [6.07, 6.45) is 9.00. The molecule has 5 aromatic rings. The molecule has 0 radical (unpaired) electrons. The molecule has 6 rings (SSSR count). The normalized spacial score (nSPS) is 13.4. The van der Waals surface area contributed by atoms with Crippen molar-refractivity contribution in [3.8, 4) is 5.75 Å². The number of aromatic nitrogens is 2. The molecule has 0 bridgehead atoms. The Morgan fingerprint density at radius 1 is 1.02 bits per heavy atom. The van der Waals surface area contributed by atoms with Crippen LogP contribution in [0.5, 0.6) is 5.75 Å². The first-order valence-corrected chi connectivity index (χ1v) is 15.0. The van der Waals surface area contributed by atoms with Crippen LogP contribution >= 0.6 is 11.8 Å². The molecule has 0 saturated carbocycles. The summed E-state index contributed by atoms with van der Waals surface area (Å²) in [5.41, 5.74) is 4.48. The van der Waals surface area contributed by atoms with Gasteiger partial charge in [0.25, 0.3) is 5.91 Å². The Morgan fingerprint density at radius 3 is 2.69 bits per heavy atom. The molecule has 2 heterocycles.